The lowest BCUT2D eigenvalue weighted by molar-refractivity contribution is -0.296. The Morgan fingerprint density at radius 2 is 1.33 bits per heavy atom. The third kappa shape index (κ3) is 1.48. The summed E-state index contributed by atoms with van der Waals surface area (Å²) in [6, 6.07) is 0. The lowest BCUT2D eigenvalue weighted by Gasteiger charge is -2.14. The first kappa shape index (κ1) is 7.98. The van der Waals surface area contributed by atoms with Crippen LogP contribution in [-0.2, 0) is 9.59 Å². The Hall–Kier alpha value is -2.12. The zero-order valence-corrected chi connectivity index (χ0v) is 5.53. The number of hydrogen-bond donors (Lipinski definition) is 2. The third-order valence-electron chi connectivity index (χ3n) is 0.934. The van der Waals surface area contributed by atoms with E-state index in [0.29, 0.717) is 0 Å². The molecule has 0 aromatic rings. The highest BCUT2D eigenvalue weighted by Crippen LogP contribution is 1.80. The number of amidine groups is 2. The van der Waals surface area contributed by atoms with Crippen LogP contribution in [0.3, 0.4) is 0 Å². The van der Waals surface area contributed by atoms with E-state index in [1.807, 2.05) is 10.9 Å². The van der Waals surface area contributed by atoms with Crippen molar-refractivity contribution in [3.63, 3.8) is 0 Å². The van der Waals surface area contributed by atoms with Crippen LogP contribution in [0.1, 0.15) is 0 Å². The molecule has 0 aromatic heterocycles. The molecule has 0 saturated heterocycles. The number of carbonyl (C=O) groups is 2. The molecule has 0 aromatic carbocycles. The van der Waals surface area contributed by atoms with E-state index < -0.39 is 23.6 Å². The van der Waals surface area contributed by atoms with Gasteiger partial charge in [-0.25, -0.2) is 0 Å². The Labute approximate surface area is 65.6 Å². The van der Waals surface area contributed by atoms with Crippen LogP contribution in [0, 0.1) is 0 Å². The molecule has 0 bridgehead atoms. The van der Waals surface area contributed by atoms with Crippen molar-refractivity contribution in [1.82, 2.24) is 10.9 Å². The van der Waals surface area contributed by atoms with Gasteiger partial charge in [0.15, 0.2) is 11.7 Å². The number of nitrogens with one attached hydrogen (secondary N) is 2. The number of carbonyl (C=O) groups excluding carboxylic acids is 2. The van der Waals surface area contributed by atoms with Crippen molar-refractivity contribution < 1.29 is 19.8 Å². The minimum absolute atomic E-state index is 0.597. The lowest BCUT2D eigenvalue weighted by Crippen LogP contribution is -2.49. The van der Waals surface area contributed by atoms with Crippen LogP contribution in [0.2, 0.25) is 0 Å². The molecule has 0 saturated carbocycles. The zero-order valence-electron chi connectivity index (χ0n) is 5.53. The predicted octanol–water partition coefficient (Wildman–Crippen LogP) is -4.69. The van der Waals surface area contributed by atoms with Crippen molar-refractivity contribution in [2.75, 3.05) is 0 Å². The van der Waals surface area contributed by atoms with Gasteiger partial charge in [-0.05, 0) is 0 Å². The average molecular weight is 170 g/mol. The molecule has 0 spiro atoms. The standard InChI is InChI=1S/C4H4N4O4/c9-3(10)1-5-7-2(4(11)12)8-6-1/h(H,5,6)(H,7,8)(H,9,10)(H,11,12)/p-2. The number of aliphatic carboxylic acids is 2. The molecule has 1 aliphatic rings. The second kappa shape index (κ2) is 2.86. The topological polar surface area (TPSA) is 129 Å². The molecule has 0 atom stereocenters. The van der Waals surface area contributed by atoms with Crippen LogP contribution in [0.4, 0.5) is 0 Å². The first-order valence-electron chi connectivity index (χ1n) is 2.71. The van der Waals surface area contributed by atoms with Crippen molar-refractivity contribution >= 4 is 23.6 Å². The maximum Gasteiger partial charge on any atom is 0.189 e. The fraction of sp³-hybridized carbons (Fsp3) is 0. The minimum atomic E-state index is -1.59. The monoisotopic (exact) mass is 170 g/mol. The molecule has 1 aliphatic heterocycles. The normalized spacial score (nSPS) is 15.0. The summed E-state index contributed by atoms with van der Waals surface area (Å²) in [4.78, 5) is 20.1. The molecular weight excluding hydrogens is 168 g/mol. The maximum absolute atomic E-state index is 10.1. The number of rotatable bonds is 2. The average Bonchev–Trinajstić information content (AvgIpc) is 2.04. The molecule has 0 radical (unpaired) electrons. The van der Waals surface area contributed by atoms with Gasteiger partial charge in [-0.15, -0.1) is 0 Å². The van der Waals surface area contributed by atoms with Gasteiger partial charge >= 0.3 is 0 Å². The summed E-state index contributed by atoms with van der Waals surface area (Å²) in [5.41, 5.74) is 3.69. The molecule has 8 heteroatoms. The smallest absolute Gasteiger partial charge is 0.189 e. The van der Waals surface area contributed by atoms with Gasteiger partial charge in [0.1, 0.15) is 11.9 Å². The van der Waals surface area contributed by atoms with Crippen LogP contribution < -0.4 is 21.1 Å². The second-order valence-corrected chi connectivity index (χ2v) is 1.72. The highest BCUT2D eigenvalue weighted by molar-refractivity contribution is 6.38. The van der Waals surface area contributed by atoms with Gasteiger partial charge in [-0.2, -0.15) is 10.2 Å². The summed E-state index contributed by atoms with van der Waals surface area (Å²) in [7, 11) is 0. The summed E-state index contributed by atoms with van der Waals surface area (Å²) in [6.07, 6.45) is 0. The van der Waals surface area contributed by atoms with E-state index >= 15 is 0 Å². The van der Waals surface area contributed by atoms with Gasteiger partial charge in [0.25, 0.3) is 0 Å². The first-order chi connectivity index (χ1) is 5.61. The Kier molecular flexibility index (Phi) is 1.90. The minimum Gasteiger partial charge on any atom is -0.541 e. The fourth-order valence-electron chi connectivity index (χ4n) is 0.450. The highest BCUT2D eigenvalue weighted by Gasteiger charge is 2.07. The highest BCUT2D eigenvalue weighted by atomic mass is 16.4. The van der Waals surface area contributed by atoms with Crippen molar-refractivity contribution in [3.8, 4) is 0 Å². The largest absolute Gasteiger partial charge is 0.541 e. The molecule has 2 N–H and O–H groups in total. The van der Waals surface area contributed by atoms with E-state index in [1.54, 1.807) is 0 Å². The number of carboxylic acids is 2. The van der Waals surface area contributed by atoms with Crippen molar-refractivity contribution in [2.45, 2.75) is 0 Å². The number of hydrogen-bond acceptors (Lipinski definition) is 8. The lowest BCUT2D eigenvalue weighted by atomic mass is 10.6. The summed E-state index contributed by atoms with van der Waals surface area (Å²) in [5, 5.41) is 26.3. The van der Waals surface area contributed by atoms with E-state index in [9.17, 15) is 19.8 Å². The molecule has 1 heterocycles. The van der Waals surface area contributed by atoms with E-state index in [0.717, 1.165) is 0 Å². The molecule has 0 fully saturated rings. The molecule has 0 amide bonds. The van der Waals surface area contributed by atoms with Gasteiger partial charge in [-0.3, -0.25) is 10.9 Å². The maximum atomic E-state index is 10.1. The second-order valence-electron chi connectivity index (χ2n) is 1.72. The SMILES string of the molecule is O=C([O-])C1=NNC(C(=O)[O-])=NN1. The van der Waals surface area contributed by atoms with Crippen molar-refractivity contribution in [1.29, 1.82) is 0 Å². The van der Waals surface area contributed by atoms with Gasteiger partial charge < -0.3 is 19.8 Å². The molecule has 8 nitrogen and oxygen atoms in total. The molecule has 64 valence electrons. The molecule has 0 unspecified atom stereocenters. The molecule has 0 aliphatic carbocycles. The number of carboxylic acid groups (broad SMARTS) is 2. The van der Waals surface area contributed by atoms with Crippen LogP contribution >= 0.6 is 0 Å². The Balaban J connectivity index is 2.66. The molecule has 1 rings (SSSR count). The van der Waals surface area contributed by atoms with Gasteiger partial charge in [0, 0.05) is 0 Å². The van der Waals surface area contributed by atoms with Crippen molar-refractivity contribution in [3.05, 3.63) is 0 Å². The summed E-state index contributed by atoms with van der Waals surface area (Å²) >= 11 is 0. The summed E-state index contributed by atoms with van der Waals surface area (Å²) in [5.74, 6) is -4.38. The van der Waals surface area contributed by atoms with Gasteiger partial charge in [0.05, 0.1) is 0 Å². The number of nitrogens with zero attached hydrogens (tertiary/aromatic N) is 2. The van der Waals surface area contributed by atoms with Crippen LogP contribution in [0.5, 0.6) is 0 Å². The molecular formula is C4H2N4O4-2. The van der Waals surface area contributed by atoms with Gasteiger partial charge in [-0.1, -0.05) is 0 Å². The predicted molar refractivity (Wildman–Crippen MR) is 31.2 cm³/mol. The van der Waals surface area contributed by atoms with Gasteiger partial charge in [0.2, 0.25) is 0 Å². The van der Waals surface area contributed by atoms with Crippen molar-refractivity contribution in [2.24, 2.45) is 10.2 Å². The summed E-state index contributed by atoms with van der Waals surface area (Å²) < 4.78 is 0. The Bertz CT molecular complexity index is 263. The molecule has 12 heavy (non-hydrogen) atoms. The van der Waals surface area contributed by atoms with Crippen LogP contribution in [0.15, 0.2) is 10.2 Å². The zero-order chi connectivity index (χ0) is 9.14. The quantitative estimate of drug-likeness (QED) is 0.428. The Morgan fingerprint density at radius 3 is 1.50 bits per heavy atom. The van der Waals surface area contributed by atoms with E-state index in [1.165, 1.54) is 0 Å². The van der Waals surface area contributed by atoms with Crippen LogP contribution in [-0.4, -0.2) is 23.6 Å². The van der Waals surface area contributed by atoms with E-state index in [4.69, 9.17) is 0 Å². The fourth-order valence-corrected chi connectivity index (χ4v) is 0.450. The Morgan fingerprint density at radius 1 is 1.00 bits per heavy atom. The number of hydrazone groups is 2. The van der Waals surface area contributed by atoms with Crippen LogP contribution in [0.25, 0.3) is 0 Å². The van der Waals surface area contributed by atoms with E-state index in [2.05, 4.69) is 10.2 Å². The third-order valence-corrected chi connectivity index (χ3v) is 0.934. The van der Waals surface area contributed by atoms with E-state index in [-0.39, 0.29) is 0 Å². The first-order valence-corrected chi connectivity index (χ1v) is 2.71. The summed E-state index contributed by atoms with van der Waals surface area (Å²) in [6.45, 7) is 0.